The Labute approximate surface area is 93.0 Å². The van der Waals surface area contributed by atoms with Crippen LogP contribution in [0.4, 0.5) is 0 Å². The number of rotatable bonds is 2. The van der Waals surface area contributed by atoms with Crippen LogP contribution in [0.15, 0.2) is 42.7 Å². The van der Waals surface area contributed by atoms with E-state index in [4.69, 9.17) is 5.11 Å². The molecule has 0 bridgehead atoms. The average Bonchev–Trinajstić information content (AvgIpc) is 2.72. The molecule has 3 nitrogen and oxygen atoms in total. The number of aromatic nitrogens is 1. The van der Waals surface area contributed by atoms with E-state index in [-0.39, 0.29) is 5.92 Å². The fourth-order valence-electron chi connectivity index (χ4n) is 2.20. The first-order valence-electron chi connectivity index (χ1n) is 5.24. The number of fused-ring (bicyclic) bond motifs is 1. The van der Waals surface area contributed by atoms with Crippen LogP contribution in [0.3, 0.4) is 0 Å². The van der Waals surface area contributed by atoms with Crippen LogP contribution in [-0.2, 0) is 11.2 Å². The molecule has 0 spiro atoms. The van der Waals surface area contributed by atoms with Crippen molar-refractivity contribution in [1.29, 1.82) is 0 Å². The van der Waals surface area contributed by atoms with E-state index in [0.29, 0.717) is 6.42 Å². The molecule has 3 heteroatoms. The quantitative estimate of drug-likeness (QED) is 0.831. The lowest BCUT2D eigenvalue weighted by atomic mass is 9.77. The van der Waals surface area contributed by atoms with Crippen LogP contribution < -0.4 is 0 Å². The first-order chi connectivity index (χ1) is 7.75. The first kappa shape index (κ1) is 9.21. The second-order valence-corrected chi connectivity index (χ2v) is 4.07. The number of carbonyl (C=O) groups is 1. The summed E-state index contributed by atoms with van der Waals surface area (Å²) in [5.74, 6) is -1.02. The fraction of sp³-hybridized carbons (Fsp3) is 0.154. The molecule has 0 aliphatic heterocycles. The van der Waals surface area contributed by atoms with E-state index < -0.39 is 5.97 Å². The zero-order valence-electron chi connectivity index (χ0n) is 8.63. The van der Waals surface area contributed by atoms with Gasteiger partial charge in [-0.2, -0.15) is 0 Å². The van der Waals surface area contributed by atoms with E-state index in [9.17, 15) is 4.79 Å². The molecule has 1 aliphatic carbocycles. The number of carboxylic acids is 1. The van der Waals surface area contributed by atoms with E-state index in [1.807, 2.05) is 41.2 Å². The summed E-state index contributed by atoms with van der Waals surface area (Å²) < 4.78 is 2.02. The van der Waals surface area contributed by atoms with Crippen molar-refractivity contribution in [1.82, 2.24) is 4.57 Å². The molecule has 1 aromatic carbocycles. The molecular weight excluding hydrogens is 202 g/mol. The first-order valence-corrected chi connectivity index (χ1v) is 5.24. The maximum Gasteiger partial charge on any atom is 0.311 e. The van der Waals surface area contributed by atoms with Gasteiger partial charge in [0.1, 0.15) is 0 Å². The normalized spacial score (nSPS) is 17.6. The number of nitrogens with zero attached hydrogens (tertiary/aromatic N) is 1. The number of aliphatic carboxylic acids is 1. The average molecular weight is 213 g/mol. The Kier molecular flexibility index (Phi) is 1.86. The van der Waals surface area contributed by atoms with Gasteiger partial charge in [-0.1, -0.05) is 6.07 Å². The van der Waals surface area contributed by atoms with Gasteiger partial charge in [0.15, 0.2) is 0 Å². The van der Waals surface area contributed by atoms with Crippen LogP contribution in [0.5, 0.6) is 0 Å². The minimum atomic E-state index is -0.721. The van der Waals surface area contributed by atoms with Crippen LogP contribution in [0.25, 0.3) is 5.69 Å². The van der Waals surface area contributed by atoms with E-state index in [1.165, 1.54) is 0 Å². The molecule has 0 radical (unpaired) electrons. The minimum absolute atomic E-state index is 0.297. The van der Waals surface area contributed by atoms with Gasteiger partial charge in [0, 0.05) is 18.1 Å². The van der Waals surface area contributed by atoms with Crippen molar-refractivity contribution in [2.24, 2.45) is 0 Å². The Balaban J connectivity index is 1.98. The van der Waals surface area contributed by atoms with E-state index >= 15 is 0 Å². The molecule has 1 N–H and O–H groups in total. The van der Waals surface area contributed by atoms with Crippen molar-refractivity contribution >= 4 is 5.97 Å². The molecule has 1 heterocycles. The van der Waals surface area contributed by atoms with Crippen molar-refractivity contribution < 1.29 is 9.90 Å². The Morgan fingerprint density at radius 2 is 2.06 bits per heavy atom. The third-order valence-electron chi connectivity index (χ3n) is 3.13. The Bertz CT molecular complexity index is 543. The van der Waals surface area contributed by atoms with Gasteiger partial charge in [-0.3, -0.25) is 4.79 Å². The highest BCUT2D eigenvalue weighted by atomic mass is 16.4. The standard InChI is InChI=1S/C13H11NO2/c15-13(16)12-8-9-7-10(3-4-11(9)12)14-5-1-2-6-14/h1-7,12H,8H2,(H,15,16). The molecule has 1 aliphatic rings. The molecule has 3 rings (SSSR count). The predicted molar refractivity (Wildman–Crippen MR) is 59.8 cm³/mol. The maximum atomic E-state index is 10.9. The third kappa shape index (κ3) is 1.25. The lowest BCUT2D eigenvalue weighted by molar-refractivity contribution is -0.139. The highest BCUT2D eigenvalue weighted by Crippen LogP contribution is 2.36. The monoisotopic (exact) mass is 213 g/mol. The number of carboxylic acid groups (broad SMARTS) is 1. The van der Waals surface area contributed by atoms with E-state index in [1.54, 1.807) is 0 Å². The minimum Gasteiger partial charge on any atom is -0.481 e. The van der Waals surface area contributed by atoms with Gasteiger partial charge in [0.25, 0.3) is 0 Å². The maximum absolute atomic E-state index is 10.9. The molecule has 0 fully saturated rings. The molecule has 1 aromatic heterocycles. The highest BCUT2D eigenvalue weighted by Gasteiger charge is 2.31. The molecule has 0 saturated carbocycles. The summed E-state index contributed by atoms with van der Waals surface area (Å²) in [7, 11) is 0. The number of hydrogen-bond acceptors (Lipinski definition) is 1. The molecule has 16 heavy (non-hydrogen) atoms. The summed E-state index contributed by atoms with van der Waals surface area (Å²) in [5, 5.41) is 8.93. The largest absolute Gasteiger partial charge is 0.481 e. The van der Waals surface area contributed by atoms with Crippen LogP contribution in [-0.4, -0.2) is 15.6 Å². The molecule has 1 unspecified atom stereocenters. The van der Waals surface area contributed by atoms with E-state index in [0.717, 1.165) is 16.8 Å². The van der Waals surface area contributed by atoms with Crippen molar-refractivity contribution in [3.05, 3.63) is 53.9 Å². The van der Waals surface area contributed by atoms with Gasteiger partial charge >= 0.3 is 5.97 Å². The SMILES string of the molecule is O=C(O)C1Cc2cc(-n3cccc3)ccc21. The predicted octanol–water partition coefficient (Wildman–Crippen LogP) is 2.20. The topological polar surface area (TPSA) is 42.2 Å². The summed E-state index contributed by atoms with van der Waals surface area (Å²) in [6, 6.07) is 9.90. The van der Waals surface area contributed by atoms with Crippen LogP contribution in [0, 0.1) is 0 Å². The van der Waals surface area contributed by atoms with E-state index in [2.05, 4.69) is 6.07 Å². The van der Waals surface area contributed by atoms with Crippen molar-refractivity contribution in [3.8, 4) is 5.69 Å². The van der Waals surface area contributed by atoms with Crippen LogP contribution in [0.2, 0.25) is 0 Å². The summed E-state index contributed by atoms with van der Waals surface area (Å²) in [4.78, 5) is 10.9. The lowest BCUT2D eigenvalue weighted by Crippen LogP contribution is -2.24. The smallest absolute Gasteiger partial charge is 0.311 e. The molecule has 2 aromatic rings. The fourth-order valence-corrected chi connectivity index (χ4v) is 2.20. The molecule has 80 valence electrons. The number of benzene rings is 1. The second kappa shape index (κ2) is 3.23. The van der Waals surface area contributed by atoms with Crippen molar-refractivity contribution in [2.45, 2.75) is 12.3 Å². The third-order valence-corrected chi connectivity index (χ3v) is 3.13. The summed E-state index contributed by atoms with van der Waals surface area (Å²) in [6.45, 7) is 0. The lowest BCUT2D eigenvalue weighted by Gasteiger charge is -2.27. The molecular formula is C13H11NO2. The Morgan fingerprint density at radius 3 is 2.69 bits per heavy atom. The van der Waals surface area contributed by atoms with Crippen LogP contribution in [0.1, 0.15) is 17.0 Å². The van der Waals surface area contributed by atoms with Gasteiger partial charge in [-0.25, -0.2) is 0 Å². The van der Waals surface area contributed by atoms with Gasteiger partial charge in [-0.15, -0.1) is 0 Å². The Morgan fingerprint density at radius 1 is 1.31 bits per heavy atom. The molecule has 0 saturated heterocycles. The summed E-state index contributed by atoms with van der Waals surface area (Å²) >= 11 is 0. The van der Waals surface area contributed by atoms with Crippen molar-refractivity contribution in [2.75, 3.05) is 0 Å². The van der Waals surface area contributed by atoms with Crippen LogP contribution >= 0.6 is 0 Å². The Hall–Kier alpha value is -2.03. The molecule has 1 atom stereocenters. The second-order valence-electron chi connectivity index (χ2n) is 4.07. The zero-order chi connectivity index (χ0) is 11.1. The van der Waals surface area contributed by atoms with Gasteiger partial charge in [-0.05, 0) is 41.8 Å². The summed E-state index contributed by atoms with van der Waals surface area (Å²) in [5.41, 5.74) is 3.20. The molecule has 0 amide bonds. The van der Waals surface area contributed by atoms with Gasteiger partial charge in [0.2, 0.25) is 0 Å². The highest BCUT2D eigenvalue weighted by molar-refractivity contribution is 5.80. The van der Waals surface area contributed by atoms with Gasteiger partial charge in [0.05, 0.1) is 5.92 Å². The number of hydrogen-bond donors (Lipinski definition) is 1. The zero-order valence-corrected chi connectivity index (χ0v) is 8.63. The van der Waals surface area contributed by atoms with Gasteiger partial charge < -0.3 is 9.67 Å². The summed E-state index contributed by atoms with van der Waals surface area (Å²) in [6.07, 6.45) is 4.61. The van der Waals surface area contributed by atoms with Crippen molar-refractivity contribution in [3.63, 3.8) is 0 Å².